The van der Waals surface area contributed by atoms with E-state index in [2.05, 4.69) is 0 Å². The minimum Gasteiger partial charge on any atom is -0.537 e. The highest BCUT2D eigenvalue weighted by Crippen LogP contribution is 2.38. The zero-order valence-corrected chi connectivity index (χ0v) is 10.7. The van der Waals surface area contributed by atoms with Gasteiger partial charge in [0, 0.05) is 16.7 Å². The number of rotatable bonds is 4. The first-order valence-corrected chi connectivity index (χ1v) is 5.74. The maximum absolute atomic E-state index is 13.8. The Labute approximate surface area is 111 Å². The third-order valence-corrected chi connectivity index (χ3v) is 2.90. The highest BCUT2D eigenvalue weighted by Gasteiger charge is 2.15. The van der Waals surface area contributed by atoms with Crippen LogP contribution in [0.5, 0.6) is 11.5 Å². The number of methoxy groups -OCH3 is 1. The van der Waals surface area contributed by atoms with Crippen LogP contribution < -0.4 is 9.39 Å². The molecule has 0 aromatic heterocycles. The van der Waals surface area contributed by atoms with Crippen molar-refractivity contribution >= 4 is 7.69 Å². The van der Waals surface area contributed by atoms with E-state index in [-0.39, 0.29) is 5.82 Å². The molecule has 0 aliphatic rings. The second-order valence-corrected chi connectivity index (χ2v) is 3.97. The van der Waals surface area contributed by atoms with Crippen LogP contribution in [0.15, 0.2) is 36.4 Å². The number of hydrogen-bond donors (Lipinski definition) is 1. The number of benzene rings is 2. The summed E-state index contributed by atoms with van der Waals surface area (Å²) in [7, 11) is 2.11. The van der Waals surface area contributed by atoms with Crippen molar-refractivity contribution in [3.05, 3.63) is 47.8 Å². The van der Waals surface area contributed by atoms with Gasteiger partial charge in [0.1, 0.15) is 17.3 Å². The monoisotopic (exact) mass is 259 g/mol. The molecule has 3 nitrogen and oxygen atoms in total. The first kappa shape index (κ1) is 13.4. The van der Waals surface area contributed by atoms with Gasteiger partial charge in [-0.2, -0.15) is 0 Å². The summed E-state index contributed by atoms with van der Waals surface area (Å²) in [5, 5.41) is 8.69. The van der Waals surface area contributed by atoms with E-state index >= 15 is 0 Å². The Balaban J connectivity index is 2.59. The minimum atomic E-state index is -0.317. The van der Waals surface area contributed by atoms with E-state index in [1.807, 2.05) is 0 Å². The lowest BCUT2D eigenvalue weighted by Crippen LogP contribution is -2.03. The summed E-state index contributed by atoms with van der Waals surface area (Å²) < 4.78 is 24.1. The Bertz CT molecular complexity index is 587. The molecule has 0 fully saturated rings. The molecule has 19 heavy (non-hydrogen) atoms. The minimum absolute atomic E-state index is 0.317. The van der Waals surface area contributed by atoms with E-state index in [0.29, 0.717) is 35.9 Å². The Hall–Kier alpha value is -2.01. The fourth-order valence-electron chi connectivity index (χ4n) is 2.01. The first-order valence-electron chi connectivity index (χ1n) is 5.74. The molecular weight excluding hydrogens is 246 g/mol. The quantitative estimate of drug-likeness (QED) is 0.858. The first-order chi connectivity index (χ1) is 9.19. The van der Waals surface area contributed by atoms with Gasteiger partial charge in [0.15, 0.2) is 0 Å². The van der Waals surface area contributed by atoms with E-state index in [1.165, 1.54) is 13.2 Å². The Morgan fingerprint density at radius 3 is 2.47 bits per heavy atom. The number of ether oxygens (including phenoxy) is 1. The van der Waals surface area contributed by atoms with Crippen LogP contribution in [0.1, 0.15) is 5.56 Å². The van der Waals surface area contributed by atoms with Crippen molar-refractivity contribution < 1.29 is 18.8 Å². The van der Waals surface area contributed by atoms with Crippen LogP contribution in [0.3, 0.4) is 0 Å². The van der Waals surface area contributed by atoms with Crippen molar-refractivity contribution in [3.8, 4) is 22.6 Å². The van der Waals surface area contributed by atoms with Crippen LogP contribution >= 0.6 is 0 Å². The fourth-order valence-corrected chi connectivity index (χ4v) is 2.01. The lowest BCUT2D eigenvalue weighted by molar-refractivity contribution is 0.406. The van der Waals surface area contributed by atoms with E-state index in [0.717, 1.165) is 0 Å². The molecule has 0 unspecified atom stereocenters. The average Bonchev–Trinajstić information content (AvgIpc) is 2.42. The fraction of sp³-hybridized carbons (Fsp3) is 0.143. The third-order valence-electron chi connectivity index (χ3n) is 2.90. The lowest BCUT2D eigenvalue weighted by Gasteiger charge is -2.15. The molecule has 0 saturated heterocycles. The maximum atomic E-state index is 13.8. The van der Waals surface area contributed by atoms with Crippen molar-refractivity contribution in [2.24, 2.45) is 0 Å². The second kappa shape index (κ2) is 5.76. The van der Waals surface area contributed by atoms with Gasteiger partial charge in [-0.3, -0.25) is 0 Å². The number of hydrogen-bond acceptors (Lipinski definition) is 3. The SMILES string of the molecule is COc1c(-c2ccccc2F)ccc(O[B]O)c1C. The summed E-state index contributed by atoms with van der Waals surface area (Å²) in [5.74, 6) is 0.659. The van der Waals surface area contributed by atoms with Gasteiger partial charge in [-0.25, -0.2) is 4.39 Å². The Kier molecular flexibility index (Phi) is 4.07. The van der Waals surface area contributed by atoms with E-state index in [9.17, 15) is 4.39 Å². The molecule has 0 amide bonds. The highest BCUT2D eigenvalue weighted by molar-refractivity contribution is 6.17. The van der Waals surface area contributed by atoms with Gasteiger partial charge in [-0.05, 0) is 25.1 Å². The van der Waals surface area contributed by atoms with Crippen LogP contribution in [0.2, 0.25) is 0 Å². The molecule has 0 bridgehead atoms. The van der Waals surface area contributed by atoms with Crippen LogP contribution in [0.25, 0.3) is 11.1 Å². The maximum Gasteiger partial charge on any atom is 0.569 e. The normalized spacial score (nSPS) is 10.1. The highest BCUT2D eigenvalue weighted by atomic mass is 19.1. The molecule has 5 heteroatoms. The molecule has 0 spiro atoms. The van der Waals surface area contributed by atoms with Crippen molar-refractivity contribution in [3.63, 3.8) is 0 Å². The van der Waals surface area contributed by atoms with Gasteiger partial charge in [0.25, 0.3) is 0 Å². The molecule has 0 heterocycles. The smallest absolute Gasteiger partial charge is 0.537 e. The number of halogens is 1. The van der Waals surface area contributed by atoms with Crippen molar-refractivity contribution in [1.82, 2.24) is 0 Å². The van der Waals surface area contributed by atoms with Gasteiger partial charge in [-0.15, -0.1) is 0 Å². The van der Waals surface area contributed by atoms with Crippen molar-refractivity contribution in [1.29, 1.82) is 0 Å². The summed E-state index contributed by atoms with van der Waals surface area (Å²) in [4.78, 5) is 0. The summed E-state index contributed by atoms with van der Waals surface area (Å²) in [6.45, 7) is 1.78. The molecule has 1 radical (unpaired) electrons. The van der Waals surface area contributed by atoms with Gasteiger partial charge in [0.05, 0.1) is 7.11 Å². The summed E-state index contributed by atoms with van der Waals surface area (Å²) in [6.07, 6.45) is 0. The molecule has 0 saturated carbocycles. The van der Waals surface area contributed by atoms with E-state index in [4.69, 9.17) is 14.4 Å². The molecule has 97 valence electrons. The zero-order valence-electron chi connectivity index (χ0n) is 10.7. The third kappa shape index (κ3) is 2.56. The Morgan fingerprint density at radius 2 is 1.84 bits per heavy atom. The van der Waals surface area contributed by atoms with Gasteiger partial charge < -0.3 is 14.4 Å². The molecule has 1 N–H and O–H groups in total. The van der Waals surface area contributed by atoms with Crippen molar-refractivity contribution in [2.45, 2.75) is 6.92 Å². The standard InChI is InChI=1S/C14H13BFO3/c1-9-13(19-15-17)8-7-11(14(9)18-2)10-5-3-4-6-12(10)16/h3-8,17H,1-2H3. The van der Waals surface area contributed by atoms with Gasteiger partial charge >= 0.3 is 7.69 Å². The second-order valence-electron chi connectivity index (χ2n) is 3.97. The molecular formula is C14H13BFO3. The predicted octanol–water partition coefficient (Wildman–Crippen LogP) is 2.72. The topological polar surface area (TPSA) is 38.7 Å². The molecule has 2 aromatic carbocycles. The molecule has 2 aromatic rings. The van der Waals surface area contributed by atoms with Crippen LogP contribution in [0, 0.1) is 12.7 Å². The molecule has 2 rings (SSSR count). The summed E-state index contributed by atoms with van der Waals surface area (Å²) >= 11 is 0. The molecule has 0 atom stereocenters. The van der Waals surface area contributed by atoms with Gasteiger partial charge in [0.2, 0.25) is 0 Å². The van der Waals surface area contributed by atoms with Crippen molar-refractivity contribution in [2.75, 3.05) is 7.11 Å². The van der Waals surface area contributed by atoms with Gasteiger partial charge in [-0.1, -0.05) is 18.2 Å². The van der Waals surface area contributed by atoms with Crippen LogP contribution in [-0.2, 0) is 0 Å². The summed E-state index contributed by atoms with van der Waals surface area (Å²) in [6, 6.07) is 9.84. The largest absolute Gasteiger partial charge is 0.569 e. The zero-order chi connectivity index (χ0) is 13.8. The Morgan fingerprint density at radius 1 is 1.11 bits per heavy atom. The van der Waals surface area contributed by atoms with E-state index in [1.54, 1.807) is 37.3 Å². The summed E-state index contributed by atoms with van der Waals surface area (Å²) in [5.41, 5.74) is 1.79. The predicted molar refractivity (Wildman–Crippen MR) is 71.7 cm³/mol. The average molecular weight is 259 g/mol. The van der Waals surface area contributed by atoms with Crippen LogP contribution in [0.4, 0.5) is 4.39 Å². The van der Waals surface area contributed by atoms with Crippen LogP contribution in [-0.4, -0.2) is 19.8 Å². The molecule has 0 aliphatic carbocycles. The lowest BCUT2D eigenvalue weighted by atomic mass is 10.0. The van der Waals surface area contributed by atoms with E-state index < -0.39 is 0 Å². The molecule has 0 aliphatic heterocycles.